The Hall–Kier alpha value is -6.44. The fraction of sp³-hybridized carbons (Fsp3) is 0.172. The number of hydrogen-bond acceptors (Lipinski definition) is 1. The van der Waals surface area contributed by atoms with Gasteiger partial charge in [0.25, 0.3) is 0 Å². The molecular weight excluding hydrogens is 711 g/mol. The number of rotatable bonds is 4. The summed E-state index contributed by atoms with van der Waals surface area (Å²) in [5.74, 6) is 0. The third kappa shape index (κ3) is 4.91. The summed E-state index contributed by atoms with van der Waals surface area (Å²) in [6, 6.07) is 64.8. The van der Waals surface area contributed by atoms with E-state index in [2.05, 4.69) is 223 Å². The van der Waals surface area contributed by atoms with Crippen molar-refractivity contribution in [2.75, 3.05) is 4.90 Å². The highest BCUT2D eigenvalue weighted by atomic mass is 15.1. The first-order valence-corrected chi connectivity index (χ1v) is 21.2. The number of hydrogen-bond donors (Lipinski definition) is 0. The largest absolute Gasteiger partial charge is 0.310 e. The maximum atomic E-state index is 2.55. The lowest BCUT2D eigenvalue weighted by atomic mass is 9.69. The van der Waals surface area contributed by atoms with E-state index in [0.29, 0.717) is 0 Å². The molecule has 1 heteroatoms. The lowest BCUT2D eigenvalue weighted by molar-refractivity contribution is 0.588. The highest BCUT2D eigenvalue weighted by Gasteiger charge is 2.52. The van der Waals surface area contributed by atoms with Gasteiger partial charge in [-0.3, -0.25) is 0 Å². The molecule has 3 aliphatic carbocycles. The van der Waals surface area contributed by atoms with Gasteiger partial charge in [-0.1, -0.05) is 174 Å². The van der Waals surface area contributed by atoms with Gasteiger partial charge >= 0.3 is 0 Å². The zero-order valence-corrected chi connectivity index (χ0v) is 35.1. The highest BCUT2D eigenvalue weighted by Crippen LogP contribution is 2.64. The van der Waals surface area contributed by atoms with Gasteiger partial charge in [0.15, 0.2) is 0 Å². The number of anilines is 3. The smallest absolute Gasteiger partial charge is 0.0726 e. The van der Waals surface area contributed by atoms with Crippen molar-refractivity contribution in [2.24, 2.45) is 0 Å². The fourth-order valence-corrected chi connectivity index (χ4v) is 11.1. The van der Waals surface area contributed by atoms with Crippen molar-refractivity contribution >= 4 is 17.1 Å². The molecule has 0 bridgehead atoms. The number of benzene rings is 8. The average molecular weight is 760 g/mol. The summed E-state index contributed by atoms with van der Waals surface area (Å²) in [6.07, 6.45) is 0. The zero-order chi connectivity index (χ0) is 40.4. The SMILES string of the molecule is Cc1cccc(C)c1-c1ccccc1N(c1ccc2c(c1)C(C)(C)c1ccccc1-2)c1ccc2c(c1)C1(c3ccccc3-2)c2ccccc2-c2ccc(C(C)(C)C)cc21. The molecule has 0 amide bonds. The van der Waals surface area contributed by atoms with Crippen LogP contribution in [0.5, 0.6) is 0 Å². The van der Waals surface area contributed by atoms with Gasteiger partial charge < -0.3 is 4.90 Å². The number of para-hydroxylation sites is 1. The first-order chi connectivity index (χ1) is 28.5. The summed E-state index contributed by atoms with van der Waals surface area (Å²) in [6.45, 7) is 16.3. The van der Waals surface area contributed by atoms with E-state index < -0.39 is 5.41 Å². The third-order valence-electron chi connectivity index (χ3n) is 13.9. The Morgan fingerprint density at radius 2 is 0.831 bits per heavy atom. The lowest BCUT2D eigenvalue weighted by Crippen LogP contribution is -2.27. The molecule has 1 spiro atoms. The van der Waals surface area contributed by atoms with Gasteiger partial charge in [0, 0.05) is 22.4 Å². The molecule has 1 nitrogen and oxygen atoms in total. The predicted molar refractivity (Wildman–Crippen MR) is 249 cm³/mol. The van der Waals surface area contributed by atoms with Crippen molar-refractivity contribution in [1.29, 1.82) is 0 Å². The first kappa shape index (κ1) is 35.7. The van der Waals surface area contributed by atoms with Gasteiger partial charge in [-0.25, -0.2) is 0 Å². The molecule has 8 aromatic carbocycles. The minimum absolute atomic E-state index is 0.00299. The van der Waals surface area contributed by atoms with Crippen molar-refractivity contribution in [1.82, 2.24) is 0 Å². The molecule has 1 unspecified atom stereocenters. The van der Waals surface area contributed by atoms with Crippen LogP contribution in [-0.2, 0) is 16.2 Å². The Morgan fingerprint density at radius 3 is 1.42 bits per heavy atom. The number of nitrogens with zero attached hydrogens (tertiary/aromatic N) is 1. The van der Waals surface area contributed by atoms with Crippen LogP contribution >= 0.6 is 0 Å². The van der Waals surface area contributed by atoms with Gasteiger partial charge in [-0.05, 0) is 139 Å². The maximum absolute atomic E-state index is 2.55. The van der Waals surface area contributed by atoms with E-state index in [4.69, 9.17) is 0 Å². The molecule has 11 rings (SSSR count). The molecule has 0 saturated heterocycles. The van der Waals surface area contributed by atoms with E-state index in [0.717, 1.165) is 11.4 Å². The number of fused-ring (bicyclic) bond motifs is 13. The van der Waals surface area contributed by atoms with Gasteiger partial charge in [0.2, 0.25) is 0 Å². The van der Waals surface area contributed by atoms with Gasteiger partial charge in [-0.2, -0.15) is 0 Å². The average Bonchev–Trinajstić information content (AvgIpc) is 3.79. The van der Waals surface area contributed by atoms with E-state index in [1.165, 1.54) is 100 Å². The quantitative estimate of drug-likeness (QED) is 0.173. The molecular formula is C58H49N. The summed E-state index contributed by atoms with van der Waals surface area (Å²) in [5, 5.41) is 0. The standard InChI is InChI=1S/C58H49N/c1-36-17-16-18-37(2)55(36)47-22-11-15-26-54(47)59(39-28-31-44-41-19-8-12-23-48(41)57(6,7)51(44)34-39)40-29-32-46-43-21-10-14-25-50(43)58(53(46)35-40)49-24-13-9-20-42(49)45-30-27-38(33-52(45)58)56(3,4)5/h8-35H,1-7H3. The fourth-order valence-electron chi connectivity index (χ4n) is 11.1. The molecule has 0 aromatic heterocycles. The Bertz CT molecular complexity index is 3010. The Morgan fingerprint density at radius 1 is 0.390 bits per heavy atom. The molecule has 0 aliphatic heterocycles. The van der Waals surface area contributed by atoms with Crippen molar-refractivity contribution in [3.8, 4) is 44.5 Å². The van der Waals surface area contributed by atoms with Crippen LogP contribution in [0.3, 0.4) is 0 Å². The minimum Gasteiger partial charge on any atom is -0.310 e. The Labute approximate surface area is 349 Å². The first-order valence-electron chi connectivity index (χ1n) is 21.2. The monoisotopic (exact) mass is 759 g/mol. The van der Waals surface area contributed by atoms with E-state index in [9.17, 15) is 0 Å². The van der Waals surface area contributed by atoms with Crippen LogP contribution in [-0.4, -0.2) is 0 Å². The summed E-state index contributed by atoms with van der Waals surface area (Å²) in [7, 11) is 0. The highest BCUT2D eigenvalue weighted by molar-refractivity contribution is 5.98. The van der Waals surface area contributed by atoms with Crippen molar-refractivity contribution in [3.63, 3.8) is 0 Å². The van der Waals surface area contributed by atoms with Gasteiger partial charge in [0.05, 0.1) is 11.1 Å². The Balaban J connectivity index is 1.21. The third-order valence-corrected chi connectivity index (χ3v) is 13.9. The normalized spacial score (nSPS) is 16.3. The molecule has 59 heavy (non-hydrogen) atoms. The second-order valence-electron chi connectivity index (χ2n) is 18.6. The molecule has 0 heterocycles. The van der Waals surface area contributed by atoms with Crippen LogP contribution in [0.25, 0.3) is 44.5 Å². The molecule has 0 radical (unpaired) electrons. The minimum atomic E-state index is -0.464. The van der Waals surface area contributed by atoms with Gasteiger partial charge in [0.1, 0.15) is 0 Å². The van der Waals surface area contributed by atoms with Crippen molar-refractivity contribution < 1.29 is 0 Å². The van der Waals surface area contributed by atoms with Crippen LogP contribution in [0.15, 0.2) is 170 Å². The second-order valence-corrected chi connectivity index (χ2v) is 18.6. The van der Waals surface area contributed by atoms with E-state index in [1.54, 1.807) is 0 Å². The van der Waals surface area contributed by atoms with Crippen LogP contribution in [0, 0.1) is 13.8 Å². The topological polar surface area (TPSA) is 3.24 Å². The molecule has 0 N–H and O–H groups in total. The molecule has 286 valence electrons. The van der Waals surface area contributed by atoms with Gasteiger partial charge in [-0.15, -0.1) is 0 Å². The van der Waals surface area contributed by atoms with Crippen LogP contribution in [0.4, 0.5) is 17.1 Å². The zero-order valence-electron chi connectivity index (χ0n) is 35.1. The van der Waals surface area contributed by atoms with Crippen molar-refractivity contribution in [2.45, 2.75) is 64.7 Å². The molecule has 0 saturated carbocycles. The summed E-state index contributed by atoms with van der Waals surface area (Å²) >= 11 is 0. The summed E-state index contributed by atoms with van der Waals surface area (Å²) < 4.78 is 0. The lowest BCUT2D eigenvalue weighted by Gasteiger charge is -2.34. The van der Waals surface area contributed by atoms with E-state index in [1.807, 2.05) is 0 Å². The number of aryl methyl sites for hydroxylation is 2. The van der Waals surface area contributed by atoms with E-state index >= 15 is 0 Å². The maximum Gasteiger partial charge on any atom is 0.0726 e. The van der Waals surface area contributed by atoms with Crippen LogP contribution in [0.1, 0.15) is 84.7 Å². The second kappa shape index (κ2) is 12.5. The molecule has 3 aliphatic rings. The summed E-state index contributed by atoms with van der Waals surface area (Å²) in [5.41, 5.74) is 25.5. The Kier molecular flexibility index (Phi) is 7.58. The molecule has 8 aromatic rings. The van der Waals surface area contributed by atoms with Crippen LogP contribution in [0.2, 0.25) is 0 Å². The summed E-state index contributed by atoms with van der Waals surface area (Å²) in [4.78, 5) is 2.55. The predicted octanol–water partition coefficient (Wildman–Crippen LogP) is 15.4. The molecule has 0 fully saturated rings. The molecule has 1 atom stereocenters. The van der Waals surface area contributed by atoms with Crippen LogP contribution < -0.4 is 4.90 Å². The van der Waals surface area contributed by atoms with Crippen molar-refractivity contribution in [3.05, 3.63) is 220 Å². The van der Waals surface area contributed by atoms with E-state index in [-0.39, 0.29) is 10.8 Å².